The molecule has 0 heterocycles. The Balaban J connectivity index is 3.41. The molecule has 0 N–H and O–H groups in total. The van der Waals surface area contributed by atoms with Crippen molar-refractivity contribution in [2.45, 2.75) is 19.8 Å². The zero-order chi connectivity index (χ0) is 8.69. The Morgan fingerprint density at radius 2 is 2.09 bits per heavy atom. The number of alkyl halides is 3. The van der Waals surface area contributed by atoms with E-state index in [0.717, 1.165) is 6.42 Å². The molecule has 0 rings (SSSR count). The SMILES string of the molecule is CCN(CCCCl)CC(F)F. The Morgan fingerprint density at radius 3 is 2.45 bits per heavy atom. The lowest BCUT2D eigenvalue weighted by atomic mass is 10.4. The van der Waals surface area contributed by atoms with Crippen LogP contribution in [0.15, 0.2) is 0 Å². The molecule has 0 atom stereocenters. The van der Waals surface area contributed by atoms with Gasteiger partial charge >= 0.3 is 0 Å². The first-order valence-electron chi connectivity index (χ1n) is 3.77. The summed E-state index contributed by atoms with van der Waals surface area (Å²) >= 11 is 5.42. The van der Waals surface area contributed by atoms with Crippen LogP contribution in [0, 0.1) is 0 Å². The molecule has 0 aliphatic rings. The van der Waals surface area contributed by atoms with Crippen molar-refractivity contribution in [3.63, 3.8) is 0 Å². The van der Waals surface area contributed by atoms with Crippen LogP contribution >= 0.6 is 11.6 Å². The standard InChI is InChI=1S/C7H14ClF2N/c1-2-11(5-3-4-8)6-7(9)10/h7H,2-6H2,1H3. The van der Waals surface area contributed by atoms with Crippen LogP contribution in [0.5, 0.6) is 0 Å². The monoisotopic (exact) mass is 185 g/mol. The first-order valence-corrected chi connectivity index (χ1v) is 4.30. The van der Waals surface area contributed by atoms with Crippen LogP contribution in [0.1, 0.15) is 13.3 Å². The third-order valence-electron chi connectivity index (χ3n) is 1.45. The predicted octanol–water partition coefficient (Wildman–Crippen LogP) is 2.20. The van der Waals surface area contributed by atoms with Gasteiger partial charge in [0.25, 0.3) is 6.43 Å². The number of hydrogen-bond acceptors (Lipinski definition) is 1. The quantitative estimate of drug-likeness (QED) is 0.574. The topological polar surface area (TPSA) is 3.24 Å². The molecule has 0 saturated heterocycles. The highest BCUT2D eigenvalue weighted by atomic mass is 35.5. The van der Waals surface area contributed by atoms with Gasteiger partial charge in [-0.1, -0.05) is 6.92 Å². The highest BCUT2D eigenvalue weighted by molar-refractivity contribution is 6.17. The van der Waals surface area contributed by atoms with Gasteiger partial charge in [0.1, 0.15) is 0 Å². The number of hydrogen-bond donors (Lipinski definition) is 0. The van der Waals surface area contributed by atoms with Crippen molar-refractivity contribution < 1.29 is 8.78 Å². The summed E-state index contributed by atoms with van der Waals surface area (Å²) in [6.07, 6.45) is -1.45. The molecule has 0 aliphatic heterocycles. The van der Waals surface area contributed by atoms with Crippen LogP contribution in [-0.2, 0) is 0 Å². The number of nitrogens with zero attached hydrogens (tertiary/aromatic N) is 1. The minimum absolute atomic E-state index is 0.132. The minimum Gasteiger partial charge on any atom is -0.298 e. The normalized spacial score (nSPS) is 11.5. The molecule has 1 nitrogen and oxygen atoms in total. The van der Waals surface area contributed by atoms with E-state index >= 15 is 0 Å². The average molecular weight is 186 g/mol. The van der Waals surface area contributed by atoms with Gasteiger partial charge in [0.05, 0.1) is 6.54 Å². The Bertz CT molecular complexity index is 90.5. The van der Waals surface area contributed by atoms with Crippen LogP contribution in [0.4, 0.5) is 8.78 Å². The molecule has 0 bridgehead atoms. The largest absolute Gasteiger partial charge is 0.298 e. The Kier molecular flexibility index (Phi) is 6.87. The molecule has 68 valence electrons. The minimum atomic E-state index is -2.23. The van der Waals surface area contributed by atoms with E-state index in [2.05, 4.69) is 0 Å². The molecule has 0 radical (unpaired) electrons. The highest BCUT2D eigenvalue weighted by Crippen LogP contribution is 1.99. The van der Waals surface area contributed by atoms with Crippen molar-refractivity contribution in [1.82, 2.24) is 4.90 Å². The molecule has 0 aromatic heterocycles. The van der Waals surface area contributed by atoms with Gasteiger partial charge in [0.2, 0.25) is 0 Å². The zero-order valence-corrected chi connectivity index (χ0v) is 7.45. The second kappa shape index (κ2) is 6.80. The van der Waals surface area contributed by atoms with Gasteiger partial charge in [-0.05, 0) is 19.5 Å². The van der Waals surface area contributed by atoms with Crippen molar-refractivity contribution in [2.75, 3.05) is 25.5 Å². The summed E-state index contributed by atoms with van der Waals surface area (Å²) in [5, 5.41) is 0. The van der Waals surface area contributed by atoms with Crippen molar-refractivity contribution in [3.8, 4) is 0 Å². The highest BCUT2D eigenvalue weighted by Gasteiger charge is 2.08. The first kappa shape index (κ1) is 11.1. The smallest absolute Gasteiger partial charge is 0.251 e. The fourth-order valence-corrected chi connectivity index (χ4v) is 0.977. The maximum Gasteiger partial charge on any atom is 0.251 e. The molecule has 4 heteroatoms. The molecule has 0 saturated carbocycles. The van der Waals surface area contributed by atoms with E-state index in [9.17, 15) is 8.78 Å². The summed E-state index contributed by atoms with van der Waals surface area (Å²) in [5.41, 5.74) is 0. The molecule has 0 spiro atoms. The number of halogens is 3. The molecule has 11 heavy (non-hydrogen) atoms. The van der Waals surface area contributed by atoms with Crippen molar-refractivity contribution >= 4 is 11.6 Å². The third kappa shape index (κ3) is 6.51. The van der Waals surface area contributed by atoms with E-state index in [-0.39, 0.29) is 6.54 Å². The number of rotatable bonds is 6. The van der Waals surface area contributed by atoms with Gasteiger partial charge in [-0.3, -0.25) is 4.90 Å². The molecular weight excluding hydrogens is 172 g/mol. The lowest BCUT2D eigenvalue weighted by Crippen LogP contribution is -2.29. The third-order valence-corrected chi connectivity index (χ3v) is 1.72. The van der Waals surface area contributed by atoms with Crippen LogP contribution in [0.2, 0.25) is 0 Å². The molecule has 0 aromatic rings. The van der Waals surface area contributed by atoms with E-state index in [1.54, 1.807) is 4.90 Å². The molecule has 0 aromatic carbocycles. The van der Waals surface area contributed by atoms with Gasteiger partial charge in [0.15, 0.2) is 0 Å². The van der Waals surface area contributed by atoms with E-state index in [1.165, 1.54) is 0 Å². The average Bonchev–Trinajstić information content (AvgIpc) is 1.97. The van der Waals surface area contributed by atoms with Crippen molar-refractivity contribution in [1.29, 1.82) is 0 Å². The fraction of sp³-hybridized carbons (Fsp3) is 1.00. The maximum absolute atomic E-state index is 11.8. The summed E-state index contributed by atoms with van der Waals surface area (Å²) in [7, 11) is 0. The van der Waals surface area contributed by atoms with E-state index in [0.29, 0.717) is 19.0 Å². The predicted molar refractivity (Wildman–Crippen MR) is 43.5 cm³/mol. The molecule has 0 amide bonds. The Morgan fingerprint density at radius 1 is 1.45 bits per heavy atom. The van der Waals surface area contributed by atoms with Crippen LogP contribution in [0.25, 0.3) is 0 Å². The Hall–Kier alpha value is 0.110. The summed E-state index contributed by atoms with van der Waals surface area (Å²) in [6.45, 7) is 3.08. The van der Waals surface area contributed by atoms with Crippen molar-refractivity contribution in [3.05, 3.63) is 0 Å². The van der Waals surface area contributed by atoms with E-state index in [1.807, 2.05) is 6.92 Å². The van der Waals surface area contributed by atoms with Crippen molar-refractivity contribution in [2.24, 2.45) is 0 Å². The van der Waals surface area contributed by atoms with Crippen LogP contribution in [0.3, 0.4) is 0 Å². The second-order valence-electron chi connectivity index (χ2n) is 2.33. The zero-order valence-electron chi connectivity index (χ0n) is 6.69. The summed E-state index contributed by atoms with van der Waals surface area (Å²) in [5.74, 6) is 0.541. The van der Waals surface area contributed by atoms with E-state index < -0.39 is 6.43 Å². The van der Waals surface area contributed by atoms with Gasteiger partial charge in [0, 0.05) is 5.88 Å². The van der Waals surface area contributed by atoms with Gasteiger partial charge in [-0.25, -0.2) is 8.78 Å². The molecular formula is C7H14ClF2N. The lowest BCUT2D eigenvalue weighted by Gasteiger charge is -2.18. The van der Waals surface area contributed by atoms with Crippen LogP contribution < -0.4 is 0 Å². The fourth-order valence-electron chi connectivity index (χ4n) is 0.857. The Labute approximate surface area is 71.3 Å². The van der Waals surface area contributed by atoms with Gasteiger partial charge in [-0.15, -0.1) is 11.6 Å². The van der Waals surface area contributed by atoms with E-state index in [4.69, 9.17) is 11.6 Å². The summed E-state index contributed by atoms with van der Waals surface area (Å²) in [4.78, 5) is 1.70. The summed E-state index contributed by atoms with van der Waals surface area (Å²) < 4.78 is 23.6. The van der Waals surface area contributed by atoms with Gasteiger partial charge < -0.3 is 0 Å². The molecule has 0 fully saturated rings. The first-order chi connectivity index (χ1) is 5.20. The molecule has 0 aliphatic carbocycles. The lowest BCUT2D eigenvalue weighted by molar-refractivity contribution is 0.0909. The van der Waals surface area contributed by atoms with Crippen LogP contribution in [-0.4, -0.2) is 36.8 Å². The molecule has 0 unspecified atom stereocenters. The maximum atomic E-state index is 11.8. The van der Waals surface area contributed by atoms with Gasteiger partial charge in [-0.2, -0.15) is 0 Å². The summed E-state index contributed by atoms with van der Waals surface area (Å²) in [6, 6.07) is 0. The second-order valence-corrected chi connectivity index (χ2v) is 2.70.